The van der Waals surface area contributed by atoms with Crippen LogP contribution >= 0.6 is 7.37 Å². The van der Waals surface area contributed by atoms with Gasteiger partial charge in [0.1, 0.15) is 0 Å². The zero-order valence-electron chi connectivity index (χ0n) is 10.1. The van der Waals surface area contributed by atoms with E-state index < -0.39 is 7.37 Å². The maximum absolute atomic E-state index is 12.6. The smallest absolute Gasteiger partial charge is 0.253 e. The molecule has 1 unspecified atom stereocenters. The van der Waals surface area contributed by atoms with Crippen molar-refractivity contribution in [3.8, 4) is 0 Å². The maximum Gasteiger partial charge on any atom is 0.253 e. The predicted octanol–water partition coefficient (Wildman–Crippen LogP) is 3.80. The van der Waals surface area contributed by atoms with E-state index in [1.165, 1.54) is 0 Å². The molecule has 0 saturated heterocycles. The average molecular weight is 238 g/mol. The van der Waals surface area contributed by atoms with Gasteiger partial charge in [0, 0.05) is 11.1 Å². The van der Waals surface area contributed by atoms with E-state index in [4.69, 9.17) is 4.52 Å². The third-order valence-corrected chi connectivity index (χ3v) is 4.33. The fourth-order valence-corrected chi connectivity index (χ4v) is 3.27. The van der Waals surface area contributed by atoms with Crippen LogP contribution in [0.25, 0.3) is 0 Å². The summed E-state index contributed by atoms with van der Waals surface area (Å²) in [4.78, 5) is 0. The summed E-state index contributed by atoms with van der Waals surface area (Å²) in [7, 11) is -2.81. The summed E-state index contributed by atoms with van der Waals surface area (Å²) in [5.41, 5.74) is 0. The molecule has 1 aromatic rings. The fourth-order valence-electron chi connectivity index (χ4n) is 1.32. The van der Waals surface area contributed by atoms with E-state index in [9.17, 15) is 4.57 Å². The van der Waals surface area contributed by atoms with E-state index in [1.54, 1.807) is 5.82 Å². The molecule has 0 radical (unpaired) electrons. The van der Waals surface area contributed by atoms with Gasteiger partial charge in [-0.2, -0.15) is 0 Å². The van der Waals surface area contributed by atoms with Crippen LogP contribution in [0, 0.1) is 5.92 Å². The largest absolute Gasteiger partial charge is 0.323 e. The van der Waals surface area contributed by atoms with Crippen LogP contribution < -0.4 is 5.30 Å². The highest BCUT2D eigenvalue weighted by Gasteiger charge is 2.21. The molecule has 0 aliphatic rings. The standard InChI is InChI=1S/C13H19O2P/c1-4-15-16(14,11-10-12(2)3)13-8-6-5-7-9-13/h5-12H,4H2,1-3H3/b11-10+. The molecule has 0 aromatic heterocycles. The summed E-state index contributed by atoms with van der Waals surface area (Å²) in [5, 5.41) is 0.758. The van der Waals surface area contributed by atoms with Gasteiger partial charge in [-0.1, -0.05) is 38.1 Å². The minimum Gasteiger partial charge on any atom is -0.323 e. The number of hydrogen-bond donors (Lipinski definition) is 0. The van der Waals surface area contributed by atoms with E-state index in [1.807, 2.05) is 43.3 Å². The van der Waals surface area contributed by atoms with Gasteiger partial charge in [-0.25, -0.2) is 0 Å². The van der Waals surface area contributed by atoms with Gasteiger partial charge in [-0.15, -0.1) is 0 Å². The summed E-state index contributed by atoms with van der Waals surface area (Å²) >= 11 is 0. The van der Waals surface area contributed by atoms with E-state index in [0.29, 0.717) is 12.5 Å². The SMILES string of the molecule is CCOP(=O)(/C=C/C(C)C)c1ccccc1. The molecule has 0 heterocycles. The van der Waals surface area contributed by atoms with Crippen molar-refractivity contribution in [2.24, 2.45) is 5.92 Å². The molecule has 0 bridgehead atoms. The maximum atomic E-state index is 12.6. The van der Waals surface area contributed by atoms with Gasteiger partial charge in [0.05, 0.1) is 6.61 Å². The van der Waals surface area contributed by atoms with Gasteiger partial charge in [0.15, 0.2) is 0 Å². The van der Waals surface area contributed by atoms with Crippen LogP contribution in [0.4, 0.5) is 0 Å². The Balaban J connectivity index is 3.02. The predicted molar refractivity (Wildman–Crippen MR) is 69.3 cm³/mol. The number of rotatable bonds is 5. The minimum absolute atomic E-state index is 0.373. The quantitative estimate of drug-likeness (QED) is 0.729. The highest BCUT2D eigenvalue weighted by atomic mass is 31.2. The van der Waals surface area contributed by atoms with Crippen LogP contribution in [0.2, 0.25) is 0 Å². The Morgan fingerprint density at radius 3 is 2.44 bits per heavy atom. The Morgan fingerprint density at radius 1 is 1.31 bits per heavy atom. The number of allylic oxidation sites excluding steroid dienone is 1. The molecule has 0 spiro atoms. The average Bonchev–Trinajstić information content (AvgIpc) is 2.28. The van der Waals surface area contributed by atoms with E-state index >= 15 is 0 Å². The number of hydrogen-bond acceptors (Lipinski definition) is 2. The summed E-state index contributed by atoms with van der Waals surface area (Å²) in [6, 6.07) is 9.36. The zero-order chi connectivity index (χ0) is 12.0. The molecule has 88 valence electrons. The first kappa shape index (κ1) is 13.2. The second-order valence-corrected chi connectivity index (χ2v) is 6.20. The van der Waals surface area contributed by atoms with Crippen molar-refractivity contribution < 1.29 is 9.09 Å². The molecule has 0 fully saturated rings. The summed E-state index contributed by atoms with van der Waals surface area (Å²) in [5.74, 6) is 2.09. The van der Waals surface area contributed by atoms with Crippen molar-refractivity contribution in [3.63, 3.8) is 0 Å². The molecule has 0 aliphatic heterocycles. The van der Waals surface area contributed by atoms with Crippen molar-refractivity contribution in [1.82, 2.24) is 0 Å². The molecule has 0 amide bonds. The van der Waals surface area contributed by atoms with Crippen LogP contribution in [0.3, 0.4) is 0 Å². The Kier molecular flexibility index (Phi) is 4.98. The first-order chi connectivity index (χ1) is 7.58. The van der Waals surface area contributed by atoms with Gasteiger partial charge in [0.2, 0.25) is 0 Å². The summed E-state index contributed by atoms with van der Waals surface area (Å²) in [6.07, 6.45) is 1.93. The Bertz CT molecular complexity index is 382. The summed E-state index contributed by atoms with van der Waals surface area (Å²) in [6.45, 7) is 6.42. The lowest BCUT2D eigenvalue weighted by atomic mass is 10.2. The van der Waals surface area contributed by atoms with Crippen molar-refractivity contribution in [3.05, 3.63) is 42.2 Å². The minimum atomic E-state index is -2.81. The molecule has 1 atom stereocenters. The van der Waals surface area contributed by atoms with Crippen molar-refractivity contribution in [2.45, 2.75) is 20.8 Å². The normalized spacial score (nSPS) is 15.5. The molecule has 16 heavy (non-hydrogen) atoms. The molecule has 1 rings (SSSR count). The van der Waals surface area contributed by atoms with Crippen LogP contribution in [0.5, 0.6) is 0 Å². The third kappa shape index (κ3) is 3.62. The van der Waals surface area contributed by atoms with Crippen LogP contribution in [-0.4, -0.2) is 6.61 Å². The highest BCUT2D eigenvalue weighted by Crippen LogP contribution is 2.47. The van der Waals surface area contributed by atoms with Crippen LogP contribution in [0.15, 0.2) is 42.2 Å². The lowest BCUT2D eigenvalue weighted by Crippen LogP contribution is -2.05. The van der Waals surface area contributed by atoms with E-state index in [0.717, 1.165) is 5.30 Å². The van der Waals surface area contributed by atoms with Gasteiger partial charge in [-0.3, -0.25) is 4.57 Å². The van der Waals surface area contributed by atoms with E-state index in [2.05, 4.69) is 13.8 Å². The zero-order valence-corrected chi connectivity index (χ0v) is 11.0. The summed E-state index contributed by atoms with van der Waals surface area (Å²) < 4.78 is 18.0. The van der Waals surface area contributed by atoms with E-state index in [-0.39, 0.29) is 0 Å². The van der Waals surface area contributed by atoms with Gasteiger partial charge in [-0.05, 0) is 25.0 Å². The van der Waals surface area contributed by atoms with Crippen LogP contribution in [0.1, 0.15) is 20.8 Å². The molecular formula is C13H19O2P. The number of benzene rings is 1. The van der Waals surface area contributed by atoms with Gasteiger partial charge < -0.3 is 4.52 Å². The molecular weight excluding hydrogens is 219 g/mol. The molecule has 2 nitrogen and oxygen atoms in total. The molecule has 1 aromatic carbocycles. The highest BCUT2D eigenvalue weighted by molar-refractivity contribution is 7.70. The third-order valence-electron chi connectivity index (χ3n) is 2.10. The fraction of sp³-hybridized carbons (Fsp3) is 0.385. The molecule has 0 N–H and O–H groups in total. The molecule has 3 heteroatoms. The second-order valence-electron chi connectivity index (χ2n) is 3.94. The lowest BCUT2D eigenvalue weighted by molar-refractivity contribution is 0.347. The Hall–Kier alpha value is -0.850. The molecule has 0 aliphatic carbocycles. The topological polar surface area (TPSA) is 26.3 Å². The first-order valence-electron chi connectivity index (χ1n) is 5.57. The van der Waals surface area contributed by atoms with Crippen molar-refractivity contribution >= 4 is 12.7 Å². The monoisotopic (exact) mass is 238 g/mol. The van der Waals surface area contributed by atoms with Crippen molar-refractivity contribution in [2.75, 3.05) is 6.61 Å². The Morgan fingerprint density at radius 2 is 1.94 bits per heavy atom. The second kappa shape index (κ2) is 6.03. The van der Waals surface area contributed by atoms with Crippen molar-refractivity contribution in [1.29, 1.82) is 0 Å². The van der Waals surface area contributed by atoms with Gasteiger partial charge in [0.25, 0.3) is 7.37 Å². The first-order valence-corrected chi connectivity index (χ1v) is 7.27. The van der Waals surface area contributed by atoms with Gasteiger partial charge >= 0.3 is 0 Å². The Labute approximate surface area is 97.8 Å². The van der Waals surface area contributed by atoms with Crippen LogP contribution in [-0.2, 0) is 9.09 Å². The lowest BCUT2D eigenvalue weighted by Gasteiger charge is -2.14. The molecule has 0 saturated carbocycles.